The number of nitrogen functional groups attached to an aromatic ring is 1. The quantitative estimate of drug-likeness (QED) is 0.586. The summed E-state index contributed by atoms with van der Waals surface area (Å²) >= 11 is 0. The molecule has 34 heavy (non-hydrogen) atoms. The van der Waals surface area contributed by atoms with Crippen LogP contribution in [0.3, 0.4) is 0 Å². The smallest absolute Gasteiger partial charge is 0.251 e. The number of carbonyl (C=O) groups is 2. The van der Waals surface area contributed by atoms with Crippen LogP contribution in [0, 0.1) is 12.8 Å². The van der Waals surface area contributed by atoms with Crippen LogP contribution >= 0.6 is 0 Å². The number of nitrogens with one attached hydrogen (secondary N) is 1. The molecule has 1 aliphatic heterocycles. The number of nitrogens with two attached hydrogens (primary N) is 1. The summed E-state index contributed by atoms with van der Waals surface area (Å²) in [4.78, 5) is 39.2. The first kappa shape index (κ1) is 23.6. The number of rotatable bonds is 6. The van der Waals surface area contributed by atoms with Gasteiger partial charge in [-0.15, -0.1) is 0 Å². The maximum absolute atomic E-state index is 13.3. The summed E-state index contributed by atoms with van der Waals surface area (Å²) in [7, 11) is 0. The number of aromatic nitrogens is 2. The second-order valence-electron chi connectivity index (χ2n) is 9.20. The van der Waals surface area contributed by atoms with Crippen molar-refractivity contribution in [1.29, 1.82) is 0 Å². The molecule has 0 spiro atoms. The Morgan fingerprint density at radius 2 is 1.68 bits per heavy atom. The van der Waals surface area contributed by atoms with Gasteiger partial charge in [0.2, 0.25) is 5.91 Å². The Hall–Kier alpha value is -3.52. The molecule has 1 atom stereocenters. The first-order valence-electron chi connectivity index (χ1n) is 11.7. The fourth-order valence-corrected chi connectivity index (χ4v) is 4.19. The second kappa shape index (κ2) is 10.2. The maximum Gasteiger partial charge on any atom is 0.251 e. The van der Waals surface area contributed by atoms with E-state index >= 15 is 0 Å². The molecule has 2 amide bonds. The fraction of sp³-hybridized carbons (Fsp3) is 0.385. The average molecular weight is 461 g/mol. The van der Waals surface area contributed by atoms with Gasteiger partial charge in [0, 0.05) is 37.1 Å². The van der Waals surface area contributed by atoms with Crippen molar-refractivity contribution in [2.45, 2.75) is 33.4 Å². The third kappa shape index (κ3) is 5.34. The van der Waals surface area contributed by atoms with Crippen LogP contribution in [-0.2, 0) is 11.3 Å². The van der Waals surface area contributed by atoms with E-state index in [0.717, 1.165) is 16.5 Å². The second-order valence-corrected chi connectivity index (χ2v) is 9.20. The van der Waals surface area contributed by atoms with Gasteiger partial charge in [-0.1, -0.05) is 43.7 Å². The highest BCUT2D eigenvalue weighted by atomic mass is 16.2. The lowest BCUT2D eigenvalue weighted by molar-refractivity contribution is -0.136. The Kier molecular flexibility index (Phi) is 7.07. The molecule has 1 aliphatic rings. The first-order chi connectivity index (χ1) is 16.3. The summed E-state index contributed by atoms with van der Waals surface area (Å²) in [6.07, 6.45) is 0. The molecule has 4 rings (SSSR count). The minimum Gasteiger partial charge on any atom is -0.383 e. The van der Waals surface area contributed by atoms with Gasteiger partial charge in [0.1, 0.15) is 17.7 Å². The number of fused-ring (bicyclic) bond motifs is 1. The number of carbonyl (C=O) groups excluding carboxylic acids is 2. The summed E-state index contributed by atoms with van der Waals surface area (Å²) in [5.74, 6) is 0.881. The third-order valence-corrected chi connectivity index (χ3v) is 6.26. The number of benzene rings is 2. The number of anilines is 1. The molecule has 1 saturated heterocycles. The molecule has 3 N–H and O–H groups in total. The molecule has 0 bridgehead atoms. The van der Waals surface area contributed by atoms with Gasteiger partial charge in [0.05, 0.1) is 12.1 Å². The van der Waals surface area contributed by atoms with E-state index in [4.69, 9.17) is 5.73 Å². The molecule has 0 radical (unpaired) electrons. The lowest BCUT2D eigenvalue weighted by atomic mass is 10.0. The van der Waals surface area contributed by atoms with Crippen LogP contribution in [0.4, 0.5) is 5.82 Å². The van der Waals surface area contributed by atoms with Gasteiger partial charge >= 0.3 is 0 Å². The fourth-order valence-electron chi connectivity index (χ4n) is 4.19. The van der Waals surface area contributed by atoms with Gasteiger partial charge in [0.15, 0.2) is 0 Å². The van der Waals surface area contributed by atoms with E-state index in [1.165, 1.54) is 0 Å². The Morgan fingerprint density at radius 3 is 2.35 bits per heavy atom. The summed E-state index contributed by atoms with van der Waals surface area (Å²) in [5.41, 5.74) is 8.60. The topological polar surface area (TPSA) is 104 Å². The molecule has 178 valence electrons. The molecule has 0 aliphatic carbocycles. The minimum atomic E-state index is -0.566. The largest absolute Gasteiger partial charge is 0.383 e. The van der Waals surface area contributed by atoms with Crippen LogP contribution in [0.15, 0.2) is 48.5 Å². The molecule has 8 heteroatoms. The molecule has 0 unspecified atom stereocenters. The van der Waals surface area contributed by atoms with E-state index < -0.39 is 6.04 Å². The summed E-state index contributed by atoms with van der Waals surface area (Å²) < 4.78 is 0. The first-order valence-corrected chi connectivity index (χ1v) is 11.7. The van der Waals surface area contributed by atoms with Crippen molar-refractivity contribution < 1.29 is 9.59 Å². The van der Waals surface area contributed by atoms with Crippen molar-refractivity contribution in [3.8, 4) is 0 Å². The third-order valence-electron chi connectivity index (χ3n) is 6.26. The van der Waals surface area contributed by atoms with Crippen LogP contribution in [0.25, 0.3) is 10.9 Å². The molecule has 2 heterocycles. The number of piperazine rings is 1. The number of aryl methyl sites for hydroxylation is 1. The Morgan fingerprint density at radius 1 is 1.00 bits per heavy atom. The molecule has 0 saturated carbocycles. The zero-order chi connectivity index (χ0) is 24.2. The number of amides is 2. The van der Waals surface area contributed by atoms with Crippen molar-refractivity contribution in [3.05, 3.63) is 65.5 Å². The molecule has 1 fully saturated rings. The summed E-state index contributed by atoms with van der Waals surface area (Å²) in [6.45, 7) is 9.05. The number of para-hydroxylation sites is 1. The van der Waals surface area contributed by atoms with Crippen molar-refractivity contribution in [3.63, 3.8) is 0 Å². The molecule has 1 aromatic heterocycles. The van der Waals surface area contributed by atoms with Crippen molar-refractivity contribution in [1.82, 2.24) is 25.1 Å². The van der Waals surface area contributed by atoms with Gasteiger partial charge in [0.25, 0.3) is 5.91 Å². The average Bonchev–Trinajstić information content (AvgIpc) is 2.83. The monoisotopic (exact) mass is 460 g/mol. The van der Waals surface area contributed by atoms with Crippen LogP contribution in [0.5, 0.6) is 0 Å². The van der Waals surface area contributed by atoms with Gasteiger partial charge in [-0.3, -0.25) is 14.5 Å². The molecule has 2 aromatic carbocycles. The van der Waals surface area contributed by atoms with Crippen LogP contribution in [0.1, 0.15) is 35.6 Å². The summed E-state index contributed by atoms with van der Waals surface area (Å²) in [5, 5.41) is 3.80. The summed E-state index contributed by atoms with van der Waals surface area (Å²) in [6, 6.07) is 14.5. The number of hydrogen-bond donors (Lipinski definition) is 2. The predicted octanol–water partition coefficient (Wildman–Crippen LogP) is 2.62. The lowest BCUT2D eigenvalue weighted by Crippen LogP contribution is -2.56. The molecule has 3 aromatic rings. The van der Waals surface area contributed by atoms with Crippen molar-refractivity contribution >= 4 is 28.5 Å². The highest BCUT2D eigenvalue weighted by Crippen LogP contribution is 2.18. The van der Waals surface area contributed by atoms with Gasteiger partial charge < -0.3 is 16.0 Å². The van der Waals surface area contributed by atoms with Crippen molar-refractivity contribution in [2.24, 2.45) is 5.92 Å². The van der Waals surface area contributed by atoms with E-state index in [0.29, 0.717) is 49.9 Å². The zero-order valence-corrected chi connectivity index (χ0v) is 20.0. The highest BCUT2D eigenvalue weighted by molar-refractivity contribution is 5.97. The number of nitrogens with zero attached hydrogens (tertiary/aromatic N) is 4. The van der Waals surface area contributed by atoms with E-state index in [9.17, 15) is 9.59 Å². The van der Waals surface area contributed by atoms with Gasteiger partial charge in [-0.25, -0.2) is 9.97 Å². The Labute approximate surface area is 200 Å². The van der Waals surface area contributed by atoms with E-state index in [1.54, 1.807) is 12.1 Å². The lowest BCUT2D eigenvalue weighted by Gasteiger charge is -2.37. The zero-order valence-electron chi connectivity index (χ0n) is 20.0. The van der Waals surface area contributed by atoms with E-state index in [2.05, 4.69) is 20.2 Å². The van der Waals surface area contributed by atoms with Crippen molar-refractivity contribution in [2.75, 3.05) is 31.9 Å². The van der Waals surface area contributed by atoms with Crippen LogP contribution in [-0.4, -0.2) is 63.8 Å². The van der Waals surface area contributed by atoms with E-state index in [-0.39, 0.29) is 17.7 Å². The molecular weight excluding hydrogens is 428 g/mol. The van der Waals surface area contributed by atoms with Gasteiger partial charge in [-0.05, 0) is 37.1 Å². The van der Waals surface area contributed by atoms with Crippen LogP contribution < -0.4 is 11.1 Å². The normalized spacial score (nSPS) is 15.5. The minimum absolute atomic E-state index is 0.0195. The predicted molar refractivity (Wildman–Crippen MR) is 133 cm³/mol. The number of hydrogen-bond acceptors (Lipinski definition) is 6. The Bertz CT molecular complexity index is 1170. The highest BCUT2D eigenvalue weighted by Gasteiger charge is 2.31. The molecule has 8 nitrogen and oxygen atoms in total. The SMILES string of the molecule is Cc1ccc(C(=O)N[C@H](C(=O)N2CCN(Cc3nc(N)c4ccccc4n3)CC2)C(C)C)cc1. The Balaban J connectivity index is 1.36. The van der Waals surface area contributed by atoms with E-state index in [1.807, 2.05) is 62.1 Å². The maximum atomic E-state index is 13.3. The standard InChI is InChI=1S/C26H32N6O2/c1-17(2)23(30-25(33)19-10-8-18(3)9-11-19)26(34)32-14-12-31(13-15-32)16-22-28-21-7-5-4-6-20(21)24(27)29-22/h4-11,17,23H,12-16H2,1-3H3,(H,30,33)(H2,27,28,29)/t23-/m0/s1. The molecular formula is C26H32N6O2. The van der Waals surface area contributed by atoms with Crippen LogP contribution in [0.2, 0.25) is 0 Å². The van der Waals surface area contributed by atoms with Gasteiger partial charge in [-0.2, -0.15) is 0 Å².